The van der Waals surface area contributed by atoms with E-state index in [-0.39, 0.29) is 19.3 Å². The van der Waals surface area contributed by atoms with E-state index in [4.69, 9.17) is 32.9 Å². The van der Waals surface area contributed by atoms with Gasteiger partial charge < -0.3 is 74.6 Å². The first-order valence-electron chi connectivity index (χ1n) is 48.4. The van der Waals surface area contributed by atoms with E-state index >= 15 is 0 Å². The van der Waals surface area contributed by atoms with Gasteiger partial charge in [0.2, 0.25) is 11.8 Å². The number of ether oxygens (including phenoxy) is 6. The average Bonchev–Trinajstić information content (AvgIpc) is 0.659. The smallest absolute Gasteiger partial charge is 0.327 e. The second-order valence-electron chi connectivity index (χ2n) is 36.5. The van der Waals surface area contributed by atoms with Crippen molar-refractivity contribution in [3.05, 3.63) is 0 Å². The molecule has 117 heavy (non-hydrogen) atoms. The Balaban J connectivity index is 2.55. The lowest BCUT2D eigenvalue weighted by atomic mass is 9.95. The third kappa shape index (κ3) is 59.6. The minimum absolute atomic E-state index is 0.169. The fourth-order valence-electron chi connectivity index (χ4n) is 16.3. The van der Waals surface area contributed by atoms with Crippen LogP contribution in [0.15, 0.2) is 0 Å². The molecule has 2 saturated heterocycles. The molecular weight excluding hydrogens is 1510 g/mol. The van der Waals surface area contributed by atoms with E-state index in [2.05, 4.69) is 66.0 Å². The van der Waals surface area contributed by atoms with Crippen molar-refractivity contribution in [1.29, 1.82) is 0 Å². The van der Waals surface area contributed by atoms with Crippen LogP contribution in [-0.2, 0) is 61.5 Å². The van der Waals surface area contributed by atoms with Crippen molar-refractivity contribution in [2.45, 2.75) is 533 Å². The molecule has 0 aromatic heterocycles. The van der Waals surface area contributed by atoms with E-state index in [0.29, 0.717) is 69.1 Å². The van der Waals surface area contributed by atoms with Crippen LogP contribution in [0, 0.1) is 17.8 Å². The zero-order valence-corrected chi connectivity index (χ0v) is 76.6. The van der Waals surface area contributed by atoms with Gasteiger partial charge in [0.05, 0.1) is 57.2 Å². The molecule has 0 aromatic rings. The van der Waals surface area contributed by atoms with Crippen molar-refractivity contribution in [1.82, 2.24) is 10.6 Å². The summed E-state index contributed by atoms with van der Waals surface area (Å²) in [5, 5.41) is 74.6. The second kappa shape index (κ2) is 71.4. The standard InChI is InChI=1S/C94H179N2O20P/c1-10-12-14-16-18-20-22-23-25-33-42-50-58-66-84(103)111-79(65-57-49-41-32-27-29-36-44-52-60-74(5)6)70-83(102)96-87-91(114-85(104)68-77(99)64-56-48-40-34-37-45-53-61-75(7)8)89(106)80(71-97)112-93(87)110-72-81-90(107)92(115-86(105)69-78(100)63-55-47-39-30-24-21-19-17-15-13-11-2)88(94(113-81)116-117(9,108)109)95-82(101)67-76(98)62-54-46-38-31-26-28-35-43-51-59-73(3)4/h73-81,87-94,97-100,106-107H,10-72H2,1-9H3,(H,95,101)(H,96,102)(H,108,109)/t76?,77?,78?,79?,80?,81?,87?,88?,89-,90-,91-,92-,93-,94-/m1/s1. The minimum atomic E-state index is -4.60. The maximum Gasteiger partial charge on any atom is 0.327 e. The molecule has 0 bridgehead atoms. The van der Waals surface area contributed by atoms with E-state index < -0.39 is 155 Å². The quantitative estimate of drug-likeness (QED) is 0.0118. The third-order valence-electron chi connectivity index (χ3n) is 23.4. The molecule has 690 valence electrons. The molecule has 0 aliphatic carbocycles. The Labute approximate surface area is 711 Å². The van der Waals surface area contributed by atoms with Crippen molar-refractivity contribution in [3.8, 4) is 0 Å². The lowest BCUT2D eigenvalue weighted by Crippen LogP contribution is -2.67. The summed E-state index contributed by atoms with van der Waals surface area (Å²) in [4.78, 5) is 81.9. The summed E-state index contributed by atoms with van der Waals surface area (Å²) in [6.45, 7) is 17.1. The molecule has 2 heterocycles. The van der Waals surface area contributed by atoms with E-state index in [9.17, 15) is 64.1 Å². The van der Waals surface area contributed by atoms with Crippen LogP contribution in [-0.4, -0.2) is 171 Å². The number of aliphatic hydroxyl groups excluding tert-OH is 6. The van der Waals surface area contributed by atoms with E-state index in [0.717, 1.165) is 135 Å². The molecule has 0 aromatic carbocycles. The number of hydrogen-bond acceptors (Lipinski definition) is 19. The number of nitrogens with one attached hydrogen (secondary N) is 2. The van der Waals surface area contributed by atoms with Gasteiger partial charge in [0.15, 0.2) is 24.8 Å². The molecule has 0 saturated carbocycles. The average molecular weight is 1690 g/mol. The van der Waals surface area contributed by atoms with Crippen LogP contribution < -0.4 is 10.6 Å². The molecule has 15 atom stereocenters. The first-order valence-corrected chi connectivity index (χ1v) is 50.4. The van der Waals surface area contributed by atoms with Crippen LogP contribution in [0.2, 0.25) is 0 Å². The predicted octanol–water partition coefficient (Wildman–Crippen LogP) is 20.6. The van der Waals surface area contributed by atoms with E-state index in [1.54, 1.807) is 0 Å². The van der Waals surface area contributed by atoms with Gasteiger partial charge in [-0.3, -0.25) is 33.1 Å². The second-order valence-corrected chi connectivity index (χ2v) is 38.4. The molecule has 9 unspecified atom stereocenters. The maximum atomic E-state index is 14.9. The van der Waals surface area contributed by atoms with Gasteiger partial charge in [-0.05, 0) is 56.3 Å². The highest BCUT2D eigenvalue weighted by atomic mass is 31.2. The van der Waals surface area contributed by atoms with Crippen LogP contribution in [0.3, 0.4) is 0 Å². The summed E-state index contributed by atoms with van der Waals surface area (Å²) in [5.74, 6) is -1.76. The van der Waals surface area contributed by atoms with Crippen molar-refractivity contribution >= 4 is 37.3 Å². The highest BCUT2D eigenvalue weighted by Crippen LogP contribution is 2.42. The molecule has 0 radical (unpaired) electrons. The van der Waals surface area contributed by atoms with Gasteiger partial charge in [-0.1, -0.05) is 376 Å². The van der Waals surface area contributed by atoms with Gasteiger partial charge in [0.25, 0.3) is 0 Å². The van der Waals surface area contributed by atoms with Gasteiger partial charge >= 0.3 is 25.5 Å². The fraction of sp³-hybridized carbons (Fsp3) is 0.947. The molecule has 2 fully saturated rings. The van der Waals surface area contributed by atoms with Crippen molar-refractivity contribution in [2.24, 2.45) is 17.8 Å². The molecule has 2 aliphatic rings. The van der Waals surface area contributed by atoms with Crippen molar-refractivity contribution in [2.75, 3.05) is 19.9 Å². The van der Waals surface area contributed by atoms with Crippen LogP contribution in [0.5, 0.6) is 0 Å². The zero-order chi connectivity index (χ0) is 86.1. The molecule has 2 rings (SSSR count). The van der Waals surface area contributed by atoms with Gasteiger partial charge in [0.1, 0.15) is 42.6 Å². The summed E-state index contributed by atoms with van der Waals surface area (Å²) >= 11 is 0. The maximum absolute atomic E-state index is 14.9. The number of carbonyl (C=O) groups is 5. The first-order chi connectivity index (χ1) is 56.3. The Morgan fingerprint density at radius 3 is 1.01 bits per heavy atom. The topological polar surface area (TPSA) is 333 Å². The van der Waals surface area contributed by atoms with Gasteiger partial charge in [0, 0.05) is 13.1 Å². The molecular formula is C94H179N2O20P. The van der Waals surface area contributed by atoms with Crippen LogP contribution in [0.1, 0.15) is 447 Å². The number of carbonyl (C=O) groups excluding carboxylic acids is 5. The van der Waals surface area contributed by atoms with E-state index in [1.165, 1.54) is 173 Å². The largest absolute Gasteiger partial charge is 0.462 e. The Hall–Kier alpha value is -2.86. The lowest BCUT2D eigenvalue weighted by Gasteiger charge is -2.46. The number of rotatable bonds is 79. The predicted molar refractivity (Wildman–Crippen MR) is 468 cm³/mol. The number of esters is 3. The summed E-state index contributed by atoms with van der Waals surface area (Å²) < 4.78 is 56.2. The Bertz CT molecular complexity index is 2460. The van der Waals surface area contributed by atoms with Crippen molar-refractivity contribution in [3.63, 3.8) is 0 Å². The van der Waals surface area contributed by atoms with Crippen LogP contribution >= 0.6 is 7.60 Å². The van der Waals surface area contributed by atoms with Crippen molar-refractivity contribution < 1.29 is 97.0 Å². The third-order valence-corrected chi connectivity index (χ3v) is 24.0. The van der Waals surface area contributed by atoms with Gasteiger partial charge in [-0.15, -0.1) is 0 Å². The Kier molecular flexibility index (Phi) is 67.3. The van der Waals surface area contributed by atoms with Gasteiger partial charge in [-0.2, -0.15) is 0 Å². The molecule has 9 N–H and O–H groups in total. The molecule has 2 amide bonds. The first kappa shape index (κ1) is 110. The SMILES string of the molecule is CCCCCCCCCCCCCCCC(=O)OC(CCCCCCCCCCCC(C)C)CC(=O)NC1[C@H](OCC2O[C@H](OP(C)(=O)O)C(NC(=O)CC(O)CCCCCCCCCCCC(C)C)[C@@H](OC(=O)CC(O)CCCCCCCCCCCCC)[C@@H]2O)OC(CO)[C@@H](O)[C@@H]1OC(=O)CC(O)CCCCCCCCCC(C)C. The minimum Gasteiger partial charge on any atom is -0.462 e. The Morgan fingerprint density at radius 2 is 0.667 bits per heavy atom. The number of hydrogen-bond donors (Lipinski definition) is 9. The highest BCUT2D eigenvalue weighted by molar-refractivity contribution is 7.51. The zero-order valence-electron chi connectivity index (χ0n) is 75.7. The van der Waals surface area contributed by atoms with E-state index in [1.807, 2.05) is 0 Å². The monoisotopic (exact) mass is 1690 g/mol. The number of unbranched alkanes of at least 4 members (excludes halogenated alkanes) is 44. The summed E-state index contributed by atoms with van der Waals surface area (Å²) in [6, 6.07) is -3.32. The molecule has 23 heteroatoms. The molecule has 2 aliphatic heterocycles. The van der Waals surface area contributed by atoms with Crippen LogP contribution in [0.4, 0.5) is 0 Å². The normalized spacial score (nSPS) is 21.3. The Morgan fingerprint density at radius 1 is 0.376 bits per heavy atom. The fourth-order valence-corrected chi connectivity index (χ4v) is 16.8. The molecule has 22 nitrogen and oxygen atoms in total. The summed E-state index contributed by atoms with van der Waals surface area (Å²) in [6.07, 6.45) is 37.6. The number of aliphatic hydroxyl groups is 6. The summed E-state index contributed by atoms with van der Waals surface area (Å²) in [7, 11) is -4.60. The summed E-state index contributed by atoms with van der Waals surface area (Å²) in [5.41, 5.74) is 0. The molecule has 0 spiro atoms. The highest BCUT2D eigenvalue weighted by Gasteiger charge is 2.53. The van der Waals surface area contributed by atoms with Gasteiger partial charge in [-0.25, -0.2) is 0 Å². The lowest BCUT2D eigenvalue weighted by molar-refractivity contribution is -0.297. The number of amides is 2. The van der Waals surface area contributed by atoms with Crippen LogP contribution in [0.25, 0.3) is 0 Å².